The Kier molecular flexibility index (Phi) is 3.84. The molecule has 0 fully saturated rings. The predicted molar refractivity (Wildman–Crippen MR) is 54.6 cm³/mol. The van der Waals surface area contributed by atoms with Gasteiger partial charge in [0, 0.05) is 11.4 Å². The van der Waals surface area contributed by atoms with E-state index in [4.69, 9.17) is 5.11 Å². The lowest BCUT2D eigenvalue weighted by Gasteiger charge is -2.19. The summed E-state index contributed by atoms with van der Waals surface area (Å²) in [4.78, 5) is 6.50. The predicted octanol–water partition coefficient (Wildman–Crippen LogP) is 1.48. The van der Waals surface area contributed by atoms with Crippen LogP contribution in [0.1, 0.15) is 24.5 Å². The summed E-state index contributed by atoms with van der Waals surface area (Å²) in [6.07, 6.45) is 0. The average Bonchev–Trinajstić information content (AvgIpc) is 2.52. The number of aliphatic hydroxyl groups is 1. The second-order valence-electron chi connectivity index (χ2n) is 3.40. The summed E-state index contributed by atoms with van der Waals surface area (Å²) < 4.78 is 0. The second kappa shape index (κ2) is 4.69. The standard InChI is InChI=1S/C9H16N2OS/c1-7(2)11(3)4-9-10-8(5-12)6-13-9/h6-7,12H,4-5H2,1-3H3. The van der Waals surface area contributed by atoms with Crippen LogP contribution in [0.4, 0.5) is 0 Å². The summed E-state index contributed by atoms with van der Waals surface area (Å²) in [6, 6.07) is 0.529. The summed E-state index contributed by atoms with van der Waals surface area (Å²) in [5.74, 6) is 0. The van der Waals surface area contributed by atoms with Gasteiger partial charge in [-0.25, -0.2) is 4.98 Å². The van der Waals surface area contributed by atoms with Crippen molar-refractivity contribution in [1.82, 2.24) is 9.88 Å². The Morgan fingerprint density at radius 3 is 2.77 bits per heavy atom. The minimum Gasteiger partial charge on any atom is -0.390 e. The van der Waals surface area contributed by atoms with E-state index in [0.29, 0.717) is 6.04 Å². The second-order valence-corrected chi connectivity index (χ2v) is 4.34. The Bertz CT molecular complexity index is 260. The lowest BCUT2D eigenvalue weighted by molar-refractivity contribution is 0.262. The SMILES string of the molecule is CC(C)N(C)Cc1nc(CO)cs1. The summed E-state index contributed by atoms with van der Waals surface area (Å²) >= 11 is 1.61. The van der Waals surface area contributed by atoms with Crippen LogP contribution in [0.25, 0.3) is 0 Å². The maximum atomic E-state index is 8.82. The van der Waals surface area contributed by atoms with Gasteiger partial charge in [0.2, 0.25) is 0 Å². The Labute approximate surface area is 83.0 Å². The quantitative estimate of drug-likeness (QED) is 0.799. The molecule has 1 aromatic heterocycles. The number of thiazole rings is 1. The van der Waals surface area contributed by atoms with Crippen molar-refractivity contribution >= 4 is 11.3 Å². The van der Waals surface area contributed by atoms with E-state index < -0.39 is 0 Å². The fraction of sp³-hybridized carbons (Fsp3) is 0.667. The van der Waals surface area contributed by atoms with E-state index in [2.05, 4.69) is 30.8 Å². The van der Waals surface area contributed by atoms with E-state index in [1.54, 1.807) is 11.3 Å². The Morgan fingerprint density at radius 1 is 1.62 bits per heavy atom. The molecule has 0 bridgehead atoms. The van der Waals surface area contributed by atoms with Crippen LogP contribution in [0.2, 0.25) is 0 Å². The van der Waals surface area contributed by atoms with Crippen LogP contribution in [0, 0.1) is 0 Å². The van der Waals surface area contributed by atoms with Crippen molar-refractivity contribution in [2.75, 3.05) is 7.05 Å². The zero-order valence-electron chi connectivity index (χ0n) is 8.32. The molecule has 74 valence electrons. The molecule has 4 heteroatoms. The van der Waals surface area contributed by atoms with Crippen molar-refractivity contribution in [2.24, 2.45) is 0 Å². The normalized spacial score (nSPS) is 11.5. The maximum absolute atomic E-state index is 8.82. The smallest absolute Gasteiger partial charge is 0.107 e. The largest absolute Gasteiger partial charge is 0.390 e. The first-order valence-electron chi connectivity index (χ1n) is 4.38. The van der Waals surface area contributed by atoms with Crippen LogP contribution in [0.3, 0.4) is 0 Å². The Morgan fingerprint density at radius 2 is 2.31 bits per heavy atom. The van der Waals surface area contributed by atoms with Crippen LogP contribution in [0.5, 0.6) is 0 Å². The molecule has 0 radical (unpaired) electrons. The average molecular weight is 200 g/mol. The minimum atomic E-state index is 0.0435. The molecule has 0 aliphatic rings. The van der Waals surface area contributed by atoms with Gasteiger partial charge >= 0.3 is 0 Å². The topological polar surface area (TPSA) is 36.4 Å². The lowest BCUT2D eigenvalue weighted by Crippen LogP contribution is -2.25. The molecule has 0 amide bonds. The molecule has 0 saturated carbocycles. The Balaban J connectivity index is 2.53. The van der Waals surface area contributed by atoms with Crippen molar-refractivity contribution in [3.05, 3.63) is 16.1 Å². The van der Waals surface area contributed by atoms with Crippen LogP contribution < -0.4 is 0 Å². The van der Waals surface area contributed by atoms with Gasteiger partial charge in [0.25, 0.3) is 0 Å². The van der Waals surface area contributed by atoms with Crippen LogP contribution in [0.15, 0.2) is 5.38 Å². The molecule has 1 rings (SSSR count). The molecule has 1 aromatic rings. The summed E-state index contributed by atoms with van der Waals surface area (Å²) in [5.41, 5.74) is 0.775. The third-order valence-corrected chi connectivity index (χ3v) is 2.91. The van der Waals surface area contributed by atoms with Crippen molar-refractivity contribution in [2.45, 2.75) is 33.0 Å². The minimum absolute atomic E-state index is 0.0435. The highest BCUT2D eigenvalue weighted by Crippen LogP contribution is 2.12. The molecule has 13 heavy (non-hydrogen) atoms. The van der Waals surface area contributed by atoms with E-state index in [-0.39, 0.29) is 6.61 Å². The van der Waals surface area contributed by atoms with Gasteiger partial charge in [-0.1, -0.05) is 0 Å². The Hall–Kier alpha value is -0.450. The van der Waals surface area contributed by atoms with Crippen LogP contribution in [-0.4, -0.2) is 28.1 Å². The zero-order chi connectivity index (χ0) is 9.84. The number of aliphatic hydroxyl groups excluding tert-OH is 1. The van der Waals surface area contributed by atoms with Gasteiger partial charge in [-0.2, -0.15) is 0 Å². The molecule has 0 atom stereocenters. The van der Waals surface area contributed by atoms with Gasteiger partial charge in [0.05, 0.1) is 18.8 Å². The fourth-order valence-electron chi connectivity index (χ4n) is 0.890. The first-order chi connectivity index (χ1) is 6.13. The third kappa shape index (κ3) is 3.06. The monoisotopic (exact) mass is 200 g/mol. The van der Waals surface area contributed by atoms with Crippen molar-refractivity contribution < 1.29 is 5.11 Å². The lowest BCUT2D eigenvalue weighted by atomic mass is 10.3. The highest BCUT2D eigenvalue weighted by Gasteiger charge is 2.07. The van der Waals surface area contributed by atoms with Gasteiger partial charge < -0.3 is 5.11 Å². The van der Waals surface area contributed by atoms with E-state index in [9.17, 15) is 0 Å². The first kappa shape index (κ1) is 10.6. The summed E-state index contributed by atoms with van der Waals surface area (Å²) in [6.45, 7) is 5.21. The van der Waals surface area contributed by atoms with E-state index in [1.165, 1.54) is 0 Å². The maximum Gasteiger partial charge on any atom is 0.107 e. The molecule has 0 unspecified atom stereocenters. The van der Waals surface area contributed by atoms with Crippen LogP contribution in [-0.2, 0) is 13.2 Å². The molecule has 1 heterocycles. The third-order valence-electron chi connectivity index (χ3n) is 2.03. The van der Waals surface area contributed by atoms with Crippen molar-refractivity contribution in [3.63, 3.8) is 0 Å². The van der Waals surface area contributed by atoms with Gasteiger partial charge in [-0.05, 0) is 20.9 Å². The zero-order valence-corrected chi connectivity index (χ0v) is 9.14. The van der Waals surface area contributed by atoms with Crippen molar-refractivity contribution in [3.8, 4) is 0 Å². The van der Waals surface area contributed by atoms with Gasteiger partial charge in [-0.15, -0.1) is 11.3 Å². The van der Waals surface area contributed by atoms with Crippen LogP contribution >= 0.6 is 11.3 Å². The van der Waals surface area contributed by atoms with E-state index in [1.807, 2.05) is 5.38 Å². The van der Waals surface area contributed by atoms with Gasteiger partial charge in [0.15, 0.2) is 0 Å². The molecule has 1 N–H and O–H groups in total. The number of rotatable bonds is 4. The van der Waals surface area contributed by atoms with Crippen molar-refractivity contribution in [1.29, 1.82) is 0 Å². The highest BCUT2D eigenvalue weighted by molar-refractivity contribution is 7.09. The molecular weight excluding hydrogens is 184 g/mol. The fourth-order valence-corrected chi connectivity index (χ4v) is 1.74. The number of nitrogens with zero attached hydrogens (tertiary/aromatic N) is 2. The molecule has 0 aromatic carbocycles. The molecule has 0 aliphatic heterocycles. The number of hydrogen-bond donors (Lipinski definition) is 1. The van der Waals surface area contributed by atoms with Gasteiger partial charge in [-0.3, -0.25) is 4.90 Å². The molecule has 3 nitrogen and oxygen atoms in total. The van der Waals surface area contributed by atoms with E-state index in [0.717, 1.165) is 17.2 Å². The molecule has 0 saturated heterocycles. The highest BCUT2D eigenvalue weighted by atomic mass is 32.1. The first-order valence-corrected chi connectivity index (χ1v) is 5.26. The number of hydrogen-bond acceptors (Lipinski definition) is 4. The van der Waals surface area contributed by atoms with E-state index >= 15 is 0 Å². The molecular formula is C9H16N2OS. The summed E-state index contributed by atoms with van der Waals surface area (Å²) in [5, 5.41) is 11.8. The molecule has 0 spiro atoms. The van der Waals surface area contributed by atoms with Gasteiger partial charge in [0.1, 0.15) is 5.01 Å². The molecule has 0 aliphatic carbocycles. The summed E-state index contributed by atoms with van der Waals surface area (Å²) in [7, 11) is 2.07. The number of aromatic nitrogens is 1.